The summed E-state index contributed by atoms with van der Waals surface area (Å²) in [5, 5.41) is 2.86. The number of hydrogen-bond donors (Lipinski definition) is 1. The van der Waals surface area contributed by atoms with Gasteiger partial charge in [-0.25, -0.2) is 4.39 Å². The molecule has 6 heteroatoms. The molecule has 1 aromatic rings. The van der Waals surface area contributed by atoms with Gasteiger partial charge in [0.25, 0.3) is 0 Å². The van der Waals surface area contributed by atoms with Crippen LogP contribution in [0.25, 0.3) is 0 Å². The summed E-state index contributed by atoms with van der Waals surface area (Å²) in [5.41, 5.74) is 0.775. The van der Waals surface area contributed by atoms with Crippen molar-refractivity contribution in [2.45, 2.75) is 12.5 Å². The van der Waals surface area contributed by atoms with E-state index in [0.29, 0.717) is 17.6 Å². The van der Waals surface area contributed by atoms with Crippen molar-refractivity contribution >= 4 is 21.8 Å². The van der Waals surface area contributed by atoms with Crippen molar-refractivity contribution in [3.05, 3.63) is 34.1 Å². The largest absolute Gasteiger partial charge is 0.374 e. The van der Waals surface area contributed by atoms with Crippen molar-refractivity contribution in [1.82, 2.24) is 10.2 Å². The van der Waals surface area contributed by atoms with Gasteiger partial charge in [0, 0.05) is 19.6 Å². The van der Waals surface area contributed by atoms with E-state index in [1.165, 1.54) is 6.07 Å². The standard InChI is InChI=1S/C14H18BrFN2O2/c1-18-4-5-20-11(9-18)8-17-14(19)7-10-2-3-13(16)12(15)6-10/h2-3,6,11H,4-5,7-9H2,1H3,(H,17,19). The van der Waals surface area contributed by atoms with E-state index >= 15 is 0 Å². The number of morpholine rings is 1. The average Bonchev–Trinajstić information content (AvgIpc) is 2.41. The molecule has 2 rings (SSSR count). The first-order valence-electron chi connectivity index (χ1n) is 6.55. The first kappa shape index (κ1) is 15.4. The SMILES string of the molecule is CN1CCOC(CNC(=O)Cc2ccc(F)c(Br)c2)C1. The number of hydrogen-bond acceptors (Lipinski definition) is 3. The Morgan fingerprint density at radius 3 is 3.10 bits per heavy atom. The van der Waals surface area contributed by atoms with Gasteiger partial charge in [-0.1, -0.05) is 6.07 Å². The van der Waals surface area contributed by atoms with Crippen molar-refractivity contribution in [2.75, 3.05) is 33.3 Å². The Bertz CT molecular complexity index is 484. The molecule has 0 bridgehead atoms. The van der Waals surface area contributed by atoms with Crippen LogP contribution in [0.5, 0.6) is 0 Å². The van der Waals surface area contributed by atoms with E-state index in [4.69, 9.17) is 4.74 Å². The topological polar surface area (TPSA) is 41.6 Å². The second kappa shape index (κ2) is 7.15. The van der Waals surface area contributed by atoms with Gasteiger partial charge in [-0.3, -0.25) is 4.79 Å². The second-order valence-corrected chi connectivity index (χ2v) is 5.84. The molecule has 1 aliphatic heterocycles. The lowest BCUT2D eigenvalue weighted by Crippen LogP contribution is -2.46. The average molecular weight is 345 g/mol. The number of rotatable bonds is 4. The van der Waals surface area contributed by atoms with E-state index in [1.54, 1.807) is 12.1 Å². The minimum Gasteiger partial charge on any atom is -0.374 e. The van der Waals surface area contributed by atoms with E-state index in [0.717, 1.165) is 18.7 Å². The van der Waals surface area contributed by atoms with Crippen LogP contribution >= 0.6 is 15.9 Å². The van der Waals surface area contributed by atoms with Gasteiger partial charge in [0.05, 0.1) is 23.6 Å². The van der Waals surface area contributed by atoms with Gasteiger partial charge in [-0.05, 0) is 40.7 Å². The highest BCUT2D eigenvalue weighted by atomic mass is 79.9. The zero-order valence-corrected chi connectivity index (χ0v) is 13.0. The number of amides is 1. The lowest BCUT2D eigenvalue weighted by Gasteiger charge is -2.30. The number of carbonyl (C=O) groups excluding carboxylic acids is 1. The fraction of sp³-hybridized carbons (Fsp3) is 0.500. The molecule has 1 aromatic carbocycles. The van der Waals surface area contributed by atoms with Gasteiger partial charge in [0.15, 0.2) is 0 Å². The summed E-state index contributed by atoms with van der Waals surface area (Å²) in [6.45, 7) is 2.95. The van der Waals surface area contributed by atoms with E-state index < -0.39 is 0 Å². The molecule has 110 valence electrons. The second-order valence-electron chi connectivity index (χ2n) is 4.98. The third-order valence-corrected chi connectivity index (χ3v) is 3.83. The Morgan fingerprint density at radius 2 is 2.40 bits per heavy atom. The maximum atomic E-state index is 13.1. The summed E-state index contributed by atoms with van der Waals surface area (Å²) < 4.78 is 19.0. The predicted octanol–water partition coefficient (Wildman–Crippen LogP) is 1.58. The molecule has 0 saturated carbocycles. The van der Waals surface area contributed by atoms with Crippen molar-refractivity contribution in [3.63, 3.8) is 0 Å². The number of nitrogens with zero attached hydrogens (tertiary/aromatic N) is 1. The zero-order chi connectivity index (χ0) is 14.5. The normalized spacial score (nSPS) is 19.9. The van der Waals surface area contributed by atoms with Crippen molar-refractivity contribution in [2.24, 2.45) is 0 Å². The van der Waals surface area contributed by atoms with Crippen molar-refractivity contribution in [3.8, 4) is 0 Å². The Balaban J connectivity index is 1.78. The lowest BCUT2D eigenvalue weighted by molar-refractivity contribution is -0.121. The highest BCUT2D eigenvalue weighted by molar-refractivity contribution is 9.10. The maximum Gasteiger partial charge on any atom is 0.224 e. The Labute approximate surface area is 126 Å². The summed E-state index contributed by atoms with van der Waals surface area (Å²) in [7, 11) is 2.04. The molecule has 1 atom stereocenters. The number of benzene rings is 1. The molecule has 0 aliphatic carbocycles. The van der Waals surface area contributed by atoms with Crippen LogP contribution in [0, 0.1) is 5.82 Å². The Morgan fingerprint density at radius 1 is 1.60 bits per heavy atom. The molecule has 1 amide bonds. The summed E-state index contributed by atoms with van der Waals surface area (Å²) in [6.07, 6.45) is 0.277. The summed E-state index contributed by atoms with van der Waals surface area (Å²) >= 11 is 3.11. The van der Waals surface area contributed by atoms with E-state index in [2.05, 4.69) is 26.1 Å². The third kappa shape index (κ3) is 4.54. The van der Waals surface area contributed by atoms with Crippen molar-refractivity contribution in [1.29, 1.82) is 0 Å². The fourth-order valence-corrected chi connectivity index (χ4v) is 2.54. The van der Waals surface area contributed by atoms with E-state index in [1.807, 2.05) is 7.05 Å². The van der Waals surface area contributed by atoms with Crippen LogP contribution in [-0.4, -0.2) is 50.2 Å². The van der Waals surface area contributed by atoms with Crippen LogP contribution in [0.1, 0.15) is 5.56 Å². The zero-order valence-electron chi connectivity index (χ0n) is 11.4. The smallest absolute Gasteiger partial charge is 0.224 e. The first-order valence-corrected chi connectivity index (χ1v) is 7.34. The first-order chi connectivity index (χ1) is 9.54. The van der Waals surface area contributed by atoms with Crippen LogP contribution in [0.15, 0.2) is 22.7 Å². The maximum absolute atomic E-state index is 13.1. The van der Waals surface area contributed by atoms with Crippen molar-refractivity contribution < 1.29 is 13.9 Å². The Kier molecular flexibility index (Phi) is 5.51. The molecular weight excluding hydrogens is 327 g/mol. The molecule has 1 aliphatic rings. The molecule has 1 heterocycles. The van der Waals surface area contributed by atoms with Gasteiger partial charge in [0.2, 0.25) is 5.91 Å². The Hall–Kier alpha value is -0.980. The molecule has 0 radical (unpaired) electrons. The molecule has 1 N–H and O–H groups in total. The van der Waals surface area contributed by atoms with Gasteiger partial charge in [0.1, 0.15) is 5.82 Å². The van der Waals surface area contributed by atoms with E-state index in [9.17, 15) is 9.18 Å². The number of ether oxygens (including phenoxy) is 1. The van der Waals surface area contributed by atoms with Crippen LogP contribution in [-0.2, 0) is 16.0 Å². The van der Waals surface area contributed by atoms with Gasteiger partial charge in [-0.15, -0.1) is 0 Å². The molecule has 1 fully saturated rings. The molecule has 0 spiro atoms. The summed E-state index contributed by atoms with van der Waals surface area (Å²) in [5.74, 6) is -0.409. The number of halogens is 2. The fourth-order valence-electron chi connectivity index (χ4n) is 2.12. The number of likely N-dealkylation sites (N-methyl/N-ethyl adjacent to an activating group) is 1. The quantitative estimate of drug-likeness (QED) is 0.901. The van der Waals surface area contributed by atoms with Gasteiger partial charge in [-0.2, -0.15) is 0 Å². The van der Waals surface area contributed by atoms with Gasteiger partial charge < -0.3 is 15.0 Å². The molecule has 1 saturated heterocycles. The molecule has 1 unspecified atom stereocenters. The summed E-state index contributed by atoms with van der Waals surface area (Å²) in [6, 6.07) is 4.59. The monoisotopic (exact) mass is 344 g/mol. The van der Waals surface area contributed by atoms with Crippen LogP contribution in [0.2, 0.25) is 0 Å². The van der Waals surface area contributed by atoms with Gasteiger partial charge >= 0.3 is 0 Å². The number of carbonyl (C=O) groups is 1. The van der Waals surface area contributed by atoms with Crippen LogP contribution in [0.4, 0.5) is 4.39 Å². The van der Waals surface area contributed by atoms with Crippen LogP contribution < -0.4 is 5.32 Å². The molecule has 0 aromatic heterocycles. The summed E-state index contributed by atoms with van der Waals surface area (Å²) in [4.78, 5) is 14.0. The third-order valence-electron chi connectivity index (χ3n) is 3.22. The molecule has 4 nitrogen and oxygen atoms in total. The molecule has 20 heavy (non-hydrogen) atoms. The lowest BCUT2D eigenvalue weighted by atomic mass is 10.1. The van der Waals surface area contributed by atoms with Crippen LogP contribution in [0.3, 0.4) is 0 Å². The highest BCUT2D eigenvalue weighted by Gasteiger charge is 2.18. The molecular formula is C14H18BrFN2O2. The predicted molar refractivity (Wildman–Crippen MR) is 78.1 cm³/mol. The number of nitrogens with one attached hydrogen (secondary N) is 1. The minimum atomic E-state index is -0.326. The minimum absolute atomic E-state index is 0.0395. The van der Waals surface area contributed by atoms with E-state index in [-0.39, 0.29) is 24.2 Å². The highest BCUT2D eigenvalue weighted by Crippen LogP contribution is 2.17.